The minimum Gasteiger partial charge on any atom is -0.506 e. The van der Waals surface area contributed by atoms with Gasteiger partial charge < -0.3 is 19.3 Å². The van der Waals surface area contributed by atoms with Gasteiger partial charge in [0.15, 0.2) is 0 Å². The number of aliphatic hydroxyl groups is 1. The average Bonchev–Trinajstić information content (AvgIpc) is 3.14. The van der Waals surface area contributed by atoms with Crippen LogP contribution in [0.25, 0.3) is 5.76 Å². The average molecular weight is 459 g/mol. The van der Waals surface area contributed by atoms with Gasteiger partial charge >= 0.3 is 0 Å². The van der Waals surface area contributed by atoms with Gasteiger partial charge in [-0.25, -0.2) is 0 Å². The molecule has 1 unspecified atom stereocenters. The van der Waals surface area contributed by atoms with Crippen LogP contribution in [0.4, 0.5) is 5.69 Å². The van der Waals surface area contributed by atoms with E-state index in [9.17, 15) is 14.7 Å². The number of anilines is 1. The summed E-state index contributed by atoms with van der Waals surface area (Å²) in [6.07, 6.45) is 0. The van der Waals surface area contributed by atoms with Gasteiger partial charge in [-0.3, -0.25) is 14.5 Å². The molecular weight excluding hydrogens is 434 g/mol. The van der Waals surface area contributed by atoms with Crippen LogP contribution in [0.1, 0.15) is 24.1 Å². The monoisotopic (exact) mass is 459 g/mol. The Kier molecular flexibility index (Phi) is 6.54. The number of nitrogens with zero attached hydrogens (tertiary/aromatic N) is 1. The van der Waals surface area contributed by atoms with Gasteiger partial charge in [-0.2, -0.15) is 0 Å². The molecule has 3 aromatic carbocycles. The van der Waals surface area contributed by atoms with Crippen LogP contribution in [0.2, 0.25) is 0 Å². The largest absolute Gasteiger partial charge is 0.506 e. The van der Waals surface area contributed by atoms with E-state index in [0.29, 0.717) is 35.1 Å². The van der Waals surface area contributed by atoms with Crippen molar-refractivity contribution >= 4 is 23.1 Å². The number of aliphatic hydroxyl groups excluding tert-OH is 1. The van der Waals surface area contributed by atoms with E-state index in [4.69, 9.17) is 14.2 Å². The highest BCUT2D eigenvalue weighted by molar-refractivity contribution is 6.51. The van der Waals surface area contributed by atoms with Crippen LogP contribution in [0.3, 0.4) is 0 Å². The van der Waals surface area contributed by atoms with E-state index in [1.807, 2.05) is 13.0 Å². The summed E-state index contributed by atoms with van der Waals surface area (Å²) in [7, 11) is 2.91. The maximum absolute atomic E-state index is 13.4. The zero-order valence-electron chi connectivity index (χ0n) is 19.1. The van der Waals surface area contributed by atoms with Gasteiger partial charge in [0, 0.05) is 5.69 Å². The van der Waals surface area contributed by atoms with E-state index >= 15 is 0 Å². The number of hydrogen-bond donors (Lipinski definition) is 1. The zero-order chi connectivity index (χ0) is 24.2. The molecule has 0 aromatic heterocycles. The van der Waals surface area contributed by atoms with Gasteiger partial charge in [0.2, 0.25) is 0 Å². The number of Topliss-reactive ketones (excluding diaryl/α,β-unsaturated/α-hetero) is 1. The van der Waals surface area contributed by atoms with E-state index < -0.39 is 17.7 Å². The number of ether oxygens (including phenoxy) is 3. The van der Waals surface area contributed by atoms with E-state index in [1.54, 1.807) is 66.7 Å². The number of ketones is 1. The van der Waals surface area contributed by atoms with Crippen LogP contribution in [-0.2, 0) is 9.59 Å². The molecule has 0 saturated carbocycles. The minimum absolute atomic E-state index is 0.0645. The highest BCUT2D eigenvalue weighted by atomic mass is 16.5. The first-order valence-electron chi connectivity index (χ1n) is 10.8. The van der Waals surface area contributed by atoms with Gasteiger partial charge in [0.1, 0.15) is 28.6 Å². The fraction of sp³-hybridized carbons (Fsp3) is 0.185. The molecule has 3 aromatic rings. The third-order valence-electron chi connectivity index (χ3n) is 5.63. The van der Waals surface area contributed by atoms with Crippen molar-refractivity contribution in [3.05, 3.63) is 89.5 Å². The molecule has 0 spiro atoms. The van der Waals surface area contributed by atoms with Crippen molar-refractivity contribution in [2.75, 3.05) is 25.7 Å². The molecule has 1 fully saturated rings. The Labute approximate surface area is 197 Å². The van der Waals surface area contributed by atoms with Crippen molar-refractivity contribution in [3.8, 4) is 17.2 Å². The SMILES string of the molecule is CCOc1cccc(C2/C(=C(\O)c3c(OC)cccc3OC)C(=O)C(=O)N2c2ccccc2)c1. The van der Waals surface area contributed by atoms with E-state index in [1.165, 1.54) is 19.1 Å². The molecule has 4 rings (SSSR count). The first-order chi connectivity index (χ1) is 16.5. The lowest BCUT2D eigenvalue weighted by molar-refractivity contribution is -0.132. The molecule has 1 heterocycles. The Morgan fingerprint density at radius 2 is 1.56 bits per heavy atom. The second-order valence-electron chi connectivity index (χ2n) is 7.55. The van der Waals surface area contributed by atoms with Crippen LogP contribution < -0.4 is 19.1 Å². The van der Waals surface area contributed by atoms with Crippen molar-refractivity contribution in [1.29, 1.82) is 0 Å². The number of carbonyl (C=O) groups is 2. The molecule has 0 bridgehead atoms. The molecule has 1 saturated heterocycles. The van der Waals surface area contributed by atoms with Gasteiger partial charge in [-0.05, 0) is 48.9 Å². The van der Waals surface area contributed by atoms with Crippen LogP contribution >= 0.6 is 0 Å². The number of carbonyl (C=O) groups excluding carboxylic acids is 2. The lowest BCUT2D eigenvalue weighted by Crippen LogP contribution is -2.29. The van der Waals surface area contributed by atoms with Crippen LogP contribution in [0.5, 0.6) is 17.2 Å². The number of para-hydroxylation sites is 1. The molecule has 34 heavy (non-hydrogen) atoms. The summed E-state index contributed by atoms with van der Waals surface area (Å²) < 4.78 is 16.5. The summed E-state index contributed by atoms with van der Waals surface area (Å²) in [6.45, 7) is 2.33. The molecule has 174 valence electrons. The second kappa shape index (κ2) is 9.70. The topological polar surface area (TPSA) is 85.3 Å². The summed E-state index contributed by atoms with van der Waals surface area (Å²) in [6, 6.07) is 20.1. The Morgan fingerprint density at radius 3 is 2.18 bits per heavy atom. The fourth-order valence-electron chi connectivity index (χ4n) is 4.16. The molecule has 7 nitrogen and oxygen atoms in total. The van der Waals surface area contributed by atoms with E-state index in [0.717, 1.165) is 0 Å². The number of benzene rings is 3. The van der Waals surface area contributed by atoms with Crippen molar-refractivity contribution in [1.82, 2.24) is 0 Å². The summed E-state index contributed by atoms with van der Waals surface area (Å²) in [4.78, 5) is 28.1. The molecule has 1 amide bonds. The number of amides is 1. The quantitative estimate of drug-likeness (QED) is 0.312. The highest BCUT2D eigenvalue weighted by Crippen LogP contribution is 2.45. The van der Waals surface area contributed by atoms with Gasteiger partial charge in [0.05, 0.1) is 32.4 Å². The molecule has 1 aliphatic rings. The molecule has 0 aliphatic carbocycles. The predicted octanol–water partition coefficient (Wildman–Crippen LogP) is 4.73. The van der Waals surface area contributed by atoms with E-state index in [2.05, 4.69) is 0 Å². The third kappa shape index (κ3) is 3.96. The molecule has 1 N–H and O–H groups in total. The van der Waals surface area contributed by atoms with Crippen LogP contribution in [-0.4, -0.2) is 37.6 Å². The first-order valence-corrected chi connectivity index (χ1v) is 10.8. The molecule has 1 atom stereocenters. The number of hydrogen-bond acceptors (Lipinski definition) is 6. The van der Waals surface area contributed by atoms with Gasteiger partial charge in [0.25, 0.3) is 11.7 Å². The molecular formula is C27H25NO6. The summed E-state index contributed by atoms with van der Waals surface area (Å²) in [5.41, 5.74) is 1.28. The van der Waals surface area contributed by atoms with Crippen molar-refractivity contribution < 1.29 is 28.9 Å². The smallest absolute Gasteiger partial charge is 0.300 e. The highest BCUT2D eigenvalue weighted by Gasteiger charge is 2.47. The van der Waals surface area contributed by atoms with Crippen LogP contribution in [0, 0.1) is 0 Å². The zero-order valence-corrected chi connectivity index (χ0v) is 19.1. The Bertz CT molecular complexity index is 1230. The lowest BCUT2D eigenvalue weighted by atomic mass is 9.94. The maximum atomic E-state index is 13.4. The third-order valence-corrected chi connectivity index (χ3v) is 5.63. The molecule has 7 heteroatoms. The van der Waals surface area contributed by atoms with Crippen molar-refractivity contribution in [3.63, 3.8) is 0 Å². The standard InChI is InChI=1S/C27H25NO6/c1-4-34-19-13-8-10-17(16-19)24-23(25(29)22-20(32-2)14-9-15-21(22)33-3)26(30)27(31)28(24)18-11-6-5-7-12-18/h5-16,24,29H,4H2,1-3H3/b25-23+. The van der Waals surface area contributed by atoms with Gasteiger partial charge in [-0.15, -0.1) is 0 Å². The second-order valence-corrected chi connectivity index (χ2v) is 7.55. The summed E-state index contributed by atoms with van der Waals surface area (Å²) in [5.74, 6) is -0.713. The molecule has 1 aliphatic heterocycles. The van der Waals surface area contributed by atoms with Crippen LogP contribution in [0.15, 0.2) is 78.4 Å². The number of methoxy groups -OCH3 is 2. The summed E-state index contributed by atoms with van der Waals surface area (Å²) >= 11 is 0. The van der Waals surface area contributed by atoms with Crippen molar-refractivity contribution in [2.45, 2.75) is 13.0 Å². The predicted molar refractivity (Wildman–Crippen MR) is 128 cm³/mol. The first kappa shape index (κ1) is 22.9. The van der Waals surface area contributed by atoms with E-state index in [-0.39, 0.29) is 16.9 Å². The van der Waals surface area contributed by atoms with Crippen molar-refractivity contribution in [2.24, 2.45) is 0 Å². The Hall–Kier alpha value is -4.26. The Morgan fingerprint density at radius 1 is 0.912 bits per heavy atom. The number of rotatable bonds is 7. The maximum Gasteiger partial charge on any atom is 0.300 e. The normalized spacial score (nSPS) is 17.0. The Balaban J connectivity index is 2.00. The molecule has 0 radical (unpaired) electrons. The fourth-order valence-corrected chi connectivity index (χ4v) is 4.16. The lowest BCUT2D eigenvalue weighted by Gasteiger charge is -2.26. The van der Waals surface area contributed by atoms with Gasteiger partial charge in [-0.1, -0.05) is 36.4 Å². The minimum atomic E-state index is -0.891. The summed E-state index contributed by atoms with van der Waals surface area (Å²) in [5, 5.41) is 11.5.